The van der Waals surface area contributed by atoms with Crippen molar-refractivity contribution in [3.8, 4) is 0 Å². The number of carbonyl (C=O) groups is 2. The standard InChI is InChI=1S/C21H26N2O2/c1-14(2)13-22-21(25)18-6-5-7-19(12-18)23-20(24)16(4)17-10-8-15(3)9-11-17/h5-12,14,16H,13H2,1-4H3,(H,22,25)(H,23,24). The van der Waals surface area contributed by atoms with E-state index >= 15 is 0 Å². The fraction of sp³-hybridized carbons (Fsp3) is 0.333. The molecule has 1 atom stereocenters. The van der Waals surface area contributed by atoms with Gasteiger partial charge in [-0.15, -0.1) is 0 Å². The van der Waals surface area contributed by atoms with E-state index in [1.165, 1.54) is 0 Å². The molecule has 0 aliphatic carbocycles. The number of hydrogen-bond acceptors (Lipinski definition) is 2. The zero-order valence-corrected chi connectivity index (χ0v) is 15.3. The van der Waals surface area contributed by atoms with Crippen molar-refractivity contribution in [3.05, 3.63) is 65.2 Å². The highest BCUT2D eigenvalue weighted by Crippen LogP contribution is 2.19. The molecule has 0 spiro atoms. The molecule has 0 bridgehead atoms. The van der Waals surface area contributed by atoms with Crippen LogP contribution < -0.4 is 10.6 Å². The van der Waals surface area contributed by atoms with Crippen molar-refractivity contribution in [2.24, 2.45) is 5.92 Å². The van der Waals surface area contributed by atoms with Crippen LogP contribution in [0.3, 0.4) is 0 Å². The molecule has 132 valence electrons. The van der Waals surface area contributed by atoms with E-state index in [9.17, 15) is 9.59 Å². The van der Waals surface area contributed by atoms with Crippen LogP contribution in [-0.2, 0) is 4.79 Å². The first kappa shape index (κ1) is 18.7. The van der Waals surface area contributed by atoms with Gasteiger partial charge in [0, 0.05) is 17.8 Å². The van der Waals surface area contributed by atoms with E-state index in [1.807, 2.05) is 52.0 Å². The number of nitrogens with one attached hydrogen (secondary N) is 2. The first-order valence-electron chi connectivity index (χ1n) is 8.62. The Kier molecular flexibility index (Phi) is 6.34. The maximum absolute atomic E-state index is 12.5. The lowest BCUT2D eigenvalue weighted by atomic mass is 9.99. The number of benzene rings is 2. The molecule has 2 aromatic rings. The van der Waals surface area contributed by atoms with Gasteiger partial charge in [-0.1, -0.05) is 49.7 Å². The highest BCUT2D eigenvalue weighted by Gasteiger charge is 2.16. The van der Waals surface area contributed by atoms with E-state index in [2.05, 4.69) is 10.6 Å². The van der Waals surface area contributed by atoms with Gasteiger partial charge in [0.15, 0.2) is 0 Å². The van der Waals surface area contributed by atoms with Gasteiger partial charge in [0.2, 0.25) is 5.91 Å². The van der Waals surface area contributed by atoms with E-state index < -0.39 is 0 Å². The van der Waals surface area contributed by atoms with Crippen LogP contribution in [0.5, 0.6) is 0 Å². The third-order valence-electron chi connectivity index (χ3n) is 4.03. The first-order valence-corrected chi connectivity index (χ1v) is 8.62. The molecule has 0 saturated heterocycles. The number of amides is 2. The Morgan fingerprint density at radius 3 is 2.32 bits per heavy atom. The summed E-state index contributed by atoms with van der Waals surface area (Å²) in [5.74, 6) is -0.0961. The molecular weight excluding hydrogens is 312 g/mol. The normalized spacial score (nSPS) is 11.9. The molecule has 2 aromatic carbocycles. The van der Waals surface area contributed by atoms with E-state index in [1.54, 1.807) is 24.3 Å². The highest BCUT2D eigenvalue weighted by atomic mass is 16.2. The largest absolute Gasteiger partial charge is 0.352 e. The molecule has 4 heteroatoms. The Bertz CT molecular complexity index is 736. The lowest BCUT2D eigenvalue weighted by Gasteiger charge is -2.14. The van der Waals surface area contributed by atoms with Crippen molar-refractivity contribution >= 4 is 17.5 Å². The predicted molar refractivity (Wildman–Crippen MR) is 102 cm³/mol. The summed E-state index contributed by atoms with van der Waals surface area (Å²) in [5.41, 5.74) is 3.30. The zero-order chi connectivity index (χ0) is 18.4. The van der Waals surface area contributed by atoms with Gasteiger partial charge in [0.05, 0.1) is 5.92 Å². The predicted octanol–water partition coefficient (Wildman–Crippen LogP) is 4.12. The third kappa shape index (κ3) is 5.45. The second-order valence-corrected chi connectivity index (χ2v) is 6.81. The minimum atomic E-state index is -0.265. The van der Waals surface area contributed by atoms with Gasteiger partial charge in [-0.25, -0.2) is 0 Å². The molecule has 2 amide bonds. The molecule has 0 heterocycles. The maximum Gasteiger partial charge on any atom is 0.251 e. The lowest BCUT2D eigenvalue weighted by molar-refractivity contribution is -0.117. The SMILES string of the molecule is Cc1ccc(C(C)C(=O)Nc2cccc(C(=O)NCC(C)C)c2)cc1. The van der Waals surface area contributed by atoms with Crippen LogP contribution in [0.15, 0.2) is 48.5 Å². The van der Waals surface area contributed by atoms with Crippen LogP contribution in [0.1, 0.15) is 48.2 Å². The minimum absolute atomic E-state index is 0.0939. The summed E-state index contributed by atoms with van der Waals surface area (Å²) in [5, 5.41) is 5.78. The van der Waals surface area contributed by atoms with Crippen molar-refractivity contribution in [2.45, 2.75) is 33.6 Å². The first-order chi connectivity index (χ1) is 11.9. The maximum atomic E-state index is 12.5. The number of anilines is 1. The Labute approximate surface area is 149 Å². The van der Waals surface area contributed by atoms with Crippen molar-refractivity contribution < 1.29 is 9.59 Å². The molecule has 2 rings (SSSR count). The molecule has 0 aliphatic rings. The van der Waals surface area contributed by atoms with Gasteiger partial charge in [-0.2, -0.15) is 0 Å². The third-order valence-corrected chi connectivity index (χ3v) is 4.03. The zero-order valence-electron chi connectivity index (χ0n) is 15.3. The molecule has 0 saturated carbocycles. The summed E-state index contributed by atoms with van der Waals surface area (Å²) in [6, 6.07) is 14.9. The second-order valence-electron chi connectivity index (χ2n) is 6.81. The summed E-state index contributed by atoms with van der Waals surface area (Å²) < 4.78 is 0. The Morgan fingerprint density at radius 1 is 1.00 bits per heavy atom. The van der Waals surface area contributed by atoms with E-state index in [4.69, 9.17) is 0 Å². The van der Waals surface area contributed by atoms with Crippen LogP contribution in [-0.4, -0.2) is 18.4 Å². The summed E-state index contributed by atoms with van der Waals surface area (Å²) in [4.78, 5) is 24.6. The van der Waals surface area contributed by atoms with Gasteiger partial charge in [-0.3, -0.25) is 9.59 Å². The van der Waals surface area contributed by atoms with E-state index in [0.717, 1.165) is 11.1 Å². The van der Waals surface area contributed by atoms with Crippen molar-refractivity contribution in [1.29, 1.82) is 0 Å². The minimum Gasteiger partial charge on any atom is -0.352 e. The molecule has 0 fully saturated rings. The lowest BCUT2D eigenvalue weighted by Crippen LogP contribution is -2.27. The highest BCUT2D eigenvalue weighted by molar-refractivity contribution is 5.98. The number of rotatable bonds is 6. The van der Waals surface area contributed by atoms with Gasteiger partial charge in [0.25, 0.3) is 5.91 Å². The molecular formula is C21H26N2O2. The monoisotopic (exact) mass is 338 g/mol. The average Bonchev–Trinajstić information content (AvgIpc) is 2.59. The summed E-state index contributed by atoms with van der Waals surface area (Å²) in [6.45, 7) is 8.61. The fourth-order valence-electron chi connectivity index (χ4n) is 2.39. The average molecular weight is 338 g/mol. The Hall–Kier alpha value is -2.62. The summed E-state index contributed by atoms with van der Waals surface area (Å²) >= 11 is 0. The van der Waals surface area contributed by atoms with Crippen molar-refractivity contribution in [1.82, 2.24) is 5.32 Å². The van der Waals surface area contributed by atoms with Crippen LogP contribution in [0.25, 0.3) is 0 Å². The van der Waals surface area contributed by atoms with E-state index in [0.29, 0.717) is 23.7 Å². The van der Waals surface area contributed by atoms with E-state index in [-0.39, 0.29) is 17.7 Å². The molecule has 2 N–H and O–H groups in total. The second kappa shape index (κ2) is 8.47. The topological polar surface area (TPSA) is 58.2 Å². The van der Waals surface area contributed by atoms with Crippen molar-refractivity contribution in [2.75, 3.05) is 11.9 Å². The molecule has 0 aromatic heterocycles. The Morgan fingerprint density at radius 2 is 1.68 bits per heavy atom. The number of aryl methyl sites for hydroxylation is 1. The molecule has 0 aliphatic heterocycles. The van der Waals surface area contributed by atoms with Crippen LogP contribution in [0, 0.1) is 12.8 Å². The van der Waals surface area contributed by atoms with Gasteiger partial charge >= 0.3 is 0 Å². The van der Waals surface area contributed by atoms with Crippen LogP contribution in [0.2, 0.25) is 0 Å². The smallest absolute Gasteiger partial charge is 0.251 e. The van der Waals surface area contributed by atoms with Gasteiger partial charge in [0.1, 0.15) is 0 Å². The van der Waals surface area contributed by atoms with Crippen molar-refractivity contribution in [3.63, 3.8) is 0 Å². The van der Waals surface area contributed by atoms with Crippen LogP contribution >= 0.6 is 0 Å². The van der Waals surface area contributed by atoms with Gasteiger partial charge < -0.3 is 10.6 Å². The Balaban J connectivity index is 2.04. The molecule has 4 nitrogen and oxygen atoms in total. The summed E-state index contributed by atoms with van der Waals surface area (Å²) in [7, 11) is 0. The summed E-state index contributed by atoms with van der Waals surface area (Å²) in [6.07, 6.45) is 0. The van der Waals surface area contributed by atoms with Gasteiger partial charge in [-0.05, 0) is 43.5 Å². The molecule has 25 heavy (non-hydrogen) atoms. The number of hydrogen-bond donors (Lipinski definition) is 2. The quantitative estimate of drug-likeness (QED) is 0.832. The van der Waals surface area contributed by atoms with Crippen LogP contribution in [0.4, 0.5) is 5.69 Å². The molecule has 0 radical (unpaired) electrons. The molecule has 1 unspecified atom stereocenters. The number of carbonyl (C=O) groups excluding carboxylic acids is 2. The fourth-order valence-corrected chi connectivity index (χ4v) is 2.39.